The van der Waals surface area contributed by atoms with Crippen LogP contribution >= 0.6 is 12.2 Å². The fourth-order valence-electron chi connectivity index (χ4n) is 2.68. The zero-order chi connectivity index (χ0) is 15.0. The molecule has 0 saturated heterocycles. The van der Waals surface area contributed by atoms with E-state index < -0.39 is 0 Å². The standard InChI is InChI=1S/C16H17NO3S/c1-17(2)16(21)19-10-7-8-12-11-5-3-4-6-13(11)15(18)20-14(12)9-10/h7-9H,3-6H2,1-2H3. The Labute approximate surface area is 128 Å². The summed E-state index contributed by atoms with van der Waals surface area (Å²) in [4.78, 5) is 13.8. The van der Waals surface area contributed by atoms with Gasteiger partial charge in [-0.1, -0.05) is 0 Å². The maximum absolute atomic E-state index is 12.1. The smallest absolute Gasteiger partial charge is 0.339 e. The first kappa shape index (κ1) is 14.1. The Hall–Kier alpha value is -1.88. The Morgan fingerprint density at radius 1 is 1.24 bits per heavy atom. The third kappa shape index (κ3) is 2.65. The predicted molar refractivity (Wildman–Crippen MR) is 86.0 cm³/mol. The number of benzene rings is 1. The monoisotopic (exact) mass is 303 g/mol. The first-order valence-electron chi connectivity index (χ1n) is 7.04. The van der Waals surface area contributed by atoms with Crippen molar-refractivity contribution in [1.29, 1.82) is 0 Å². The Morgan fingerprint density at radius 2 is 1.95 bits per heavy atom. The second kappa shape index (κ2) is 5.48. The third-order valence-electron chi connectivity index (χ3n) is 3.77. The van der Waals surface area contributed by atoms with Gasteiger partial charge in [0.2, 0.25) is 0 Å². The van der Waals surface area contributed by atoms with E-state index in [2.05, 4.69) is 0 Å². The lowest BCUT2D eigenvalue weighted by molar-refractivity contribution is 0.448. The van der Waals surface area contributed by atoms with Gasteiger partial charge in [-0.3, -0.25) is 0 Å². The molecule has 0 fully saturated rings. The molecule has 2 aromatic rings. The van der Waals surface area contributed by atoms with Crippen LogP contribution in [0.15, 0.2) is 27.4 Å². The zero-order valence-electron chi connectivity index (χ0n) is 12.1. The Bertz CT molecular complexity index is 764. The molecule has 0 spiro atoms. The van der Waals surface area contributed by atoms with Gasteiger partial charge in [0.15, 0.2) is 0 Å². The van der Waals surface area contributed by atoms with Crippen molar-refractivity contribution in [3.63, 3.8) is 0 Å². The topological polar surface area (TPSA) is 42.7 Å². The van der Waals surface area contributed by atoms with Gasteiger partial charge in [-0.15, -0.1) is 0 Å². The van der Waals surface area contributed by atoms with Crippen LogP contribution in [0.25, 0.3) is 11.0 Å². The lowest BCUT2D eigenvalue weighted by Gasteiger charge is -2.17. The summed E-state index contributed by atoms with van der Waals surface area (Å²) < 4.78 is 11.0. The van der Waals surface area contributed by atoms with Gasteiger partial charge in [0.25, 0.3) is 5.17 Å². The number of hydrogen-bond acceptors (Lipinski definition) is 4. The summed E-state index contributed by atoms with van der Waals surface area (Å²) in [5.74, 6) is 0.583. The van der Waals surface area contributed by atoms with Crippen LogP contribution in [-0.4, -0.2) is 24.2 Å². The van der Waals surface area contributed by atoms with E-state index in [1.165, 1.54) is 0 Å². The Kier molecular flexibility index (Phi) is 3.68. The molecule has 1 aliphatic carbocycles. The molecule has 0 aliphatic heterocycles. The molecule has 0 unspecified atom stereocenters. The number of nitrogens with zero attached hydrogens (tertiary/aromatic N) is 1. The van der Waals surface area contributed by atoms with Gasteiger partial charge in [0.1, 0.15) is 11.3 Å². The van der Waals surface area contributed by atoms with E-state index in [-0.39, 0.29) is 5.63 Å². The van der Waals surface area contributed by atoms with Crippen molar-refractivity contribution in [2.45, 2.75) is 25.7 Å². The van der Waals surface area contributed by atoms with Gasteiger partial charge in [0, 0.05) is 31.1 Å². The van der Waals surface area contributed by atoms with E-state index in [4.69, 9.17) is 21.4 Å². The second-order valence-corrected chi connectivity index (χ2v) is 5.82. The normalized spacial score (nSPS) is 13.8. The van der Waals surface area contributed by atoms with Crippen LogP contribution < -0.4 is 10.4 Å². The molecule has 0 saturated carbocycles. The average Bonchev–Trinajstić information content (AvgIpc) is 2.47. The molecule has 1 aromatic heterocycles. The summed E-state index contributed by atoms with van der Waals surface area (Å²) in [6.07, 6.45) is 3.93. The van der Waals surface area contributed by atoms with Gasteiger partial charge in [-0.25, -0.2) is 4.79 Å². The average molecular weight is 303 g/mol. The molecule has 21 heavy (non-hydrogen) atoms. The molecule has 110 valence electrons. The fourth-order valence-corrected chi connectivity index (χ4v) is 2.78. The van der Waals surface area contributed by atoms with E-state index in [0.29, 0.717) is 16.5 Å². The summed E-state index contributed by atoms with van der Waals surface area (Å²) in [5, 5.41) is 1.38. The lowest BCUT2D eigenvalue weighted by Crippen LogP contribution is -2.25. The summed E-state index contributed by atoms with van der Waals surface area (Å²) in [6.45, 7) is 0. The maximum atomic E-state index is 12.1. The Morgan fingerprint density at radius 3 is 2.67 bits per heavy atom. The largest absolute Gasteiger partial charge is 0.432 e. The van der Waals surface area contributed by atoms with E-state index in [1.807, 2.05) is 26.2 Å². The van der Waals surface area contributed by atoms with E-state index in [9.17, 15) is 4.79 Å². The van der Waals surface area contributed by atoms with Crippen molar-refractivity contribution in [3.8, 4) is 5.75 Å². The number of aryl methyl sites for hydroxylation is 1. The van der Waals surface area contributed by atoms with Crippen LogP contribution in [-0.2, 0) is 12.8 Å². The van der Waals surface area contributed by atoms with E-state index in [0.717, 1.165) is 42.2 Å². The third-order valence-corrected chi connectivity index (χ3v) is 4.21. The quantitative estimate of drug-likeness (QED) is 0.598. The second-order valence-electron chi connectivity index (χ2n) is 5.47. The van der Waals surface area contributed by atoms with Crippen molar-refractivity contribution in [3.05, 3.63) is 39.7 Å². The highest BCUT2D eigenvalue weighted by atomic mass is 32.1. The minimum atomic E-state index is -0.218. The van der Waals surface area contributed by atoms with Crippen molar-refractivity contribution in [1.82, 2.24) is 4.90 Å². The first-order valence-corrected chi connectivity index (χ1v) is 7.45. The zero-order valence-corrected chi connectivity index (χ0v) is 13.0. The summed E-state index contributed by atoms with van der Waals surface area (Å²) in [6, 6.07) is 5.56. The number of fused-ring (bicyclic) bond motifs is 3. The van der Waals surface area contributed by atoms with Gasteiger partial charge < -0.3 is 14.1 Å². The van der Waals surface area contributed by atoms with Gasteiger partial charge in [0.05, 0.1) is 0 Å². The Balaban J connectivity index is 2.07. The van der Waals surface area contributed by atoms with Crippen LogP contribution in [0.4, 0.5) is 0 Å². The van der Waals surface area contributed by atoms with Gasteiger partial charge in [-0.2, -0.15) is 0 Å². The van der Waals surface area contributed by atoms with Crippen LogP contribution in [0, 0.1) is 0 Å². The summed E-state index contributed by atoms with van der Waals surface area (Å²) in [7, 11) is 3.64. The number of thiocarbonyl (C=S) groups is 1. The van der Waals surface area contributed by atoms with Gasteiger partial charge in [-0.05, 0) is 55.6 Å². The van der Waals surface area contributed by atoms with Gasteiger partial charge >= 0.3 is 5.63 Å². The molecule has 0 radical (unpaired) electrons. The molecule has 3 rings (SSSR count). The highest BCUT2D eigenvalue weighted by Gasteiger charge is 2.18. The van der Waals surface area contributed by atoms with E-state index in [1.54, 1.807) is 11.0 Å². The molecule has 0 atom stereocenters. The number of ether oxygens (including phenoxy) is 1. The number of hydrogen-bond donors (Lipinski definition) is 0. The molecule has 1 heterocycles. The molecular weight excluding hydrogens is 286 g/mol. The van der Waals surface area contributed by atoms with E-state index >= 15 is 0 Å². The molecule has 5 heteroatoms. The SMILES string of the molecule is CN(C)C(=S)Oc1ccc2c3c(c(=O)oc2c1)CCCC3. The van der Waals surface area contributed by atoms with Crippen LogP contribution in [0.1, 0.15) is 24.0 Å². The van der Waals surface area contributed by atoms with Crippen LogP contribution in [0.5, 0.6) is 5.75 Å². The molecule has 1 aromatic carbocycles. The fraction of sp³-hybridized carbons (Fsp3) is 0.375. The molecule has 1 aliphatic rings. The predicted octanol–water partition coefficient (Wildman–Crippen LogP) is 2.90. The first-order chi connectivity index (χ1) is 10.1. The highest BCUT2D eigenvalue weighted by Crippen LogP contribution is 2.29. The van der Waals surface area contributed by atoms with Crippen LogP contribution in [0.2, 0.25) is 0 Å². The summed E-state index contributed by atoms with van der Waals surface area (Å²) >= 11 is 5.12. The number of rotatable bonds is 1. The minimum absolute atomic E-state index is 0.218. The van der Waals surface area contributed by atoms with Crippen molar-refractivity contribution in [2.75, 3.05) is 14.1 Å². The van der Waals surface area contributed by atoms with Crippen molar-refractivity contribution in [2.24, 2.45) is 0 Å². The van der Waals surface area contributed by atoms with Crippen molar-refractivity contribution >= 4 is 28.4 Å². The highest BCUT2D eigenvalue weighted by molar-refractivity contribution is 7.80. The van der Waals surface area contributed by atoms with Crippen LogP contribution in [0.3, 0.4) is 0 Å². The maximum Gasteiger partial charge on any atom is 0.339 e. The lowest BCUT2D eigenvalue weighted by atomic mass is 9.91. The molecule has 0 bridgehead atoms. The summed E-state index contributed by atoms with van der Waals surface area (Å²) in [5.41, 5.74) is 2.32. The molecule has 4 nitrogen and oxygen atoms in total. The molecule has 0 amide bonds. The van der Waals surface area contributed by atoms with Crippen molar-refractivity contribution < 1.29 is 9.15 Å². The molecule has 0 N–H and O–H groups in total. The minimum Gasteiger partial charge on any atom is -0.432 e. The molecular formula is C16H17NO3S.